The van der Waals surface area contributed by atoms with Gasteiger partial charge in [-0.25, -0.2) is 19.6 Å². The Balaban J connectivity index is 1.67. The summed E-state index contributed by atoms with van der Waals surface area (Å²) in [5.41, 5.74) is 19.4. The molecule has 2 heterocycles. The molecule has 1 aliphatic heterocycles. The highest BCUT2D eigenvalue weighted by Crippen LogP contribution is 2.45. The van der Waals surface area contributed by atoms with Gasteiger partial charge in [0.2, 0.25) is 11.8 Å². The number of anilines is 1. The topological polar surface area (TPSA) is 363 Å². The summed E-state index contributed by atoms with van der Waals surface area (Å²) in [5, 5.41) is 50.2. The second kappa shape index (κ2) is 23.3. The number of aliphatic hydroxyl groups is 2. The molecule has 4 bridgehead atoms. The highest BCUT2D eigenvalue weighted by molar-refractivity contribution is 7.87. The Morgan fingerprint density at radius 2 is 1.56 bits per heavy atom. The molecule has 23 heteroatoms. The van der Waals surface area contributed by atoms with Gasteiger partial charge in [-0.2, -0.15) is 8.42 Å². The molecule has 5 rings (SSSR count). The maximum absolute atomic E-state index is 14.9. The number of nitrogens with one attached hydrogen (secondary N) is 2. The van der Waals surface area contributed by atoms with Crippen molar-refractivity contribution in [2.75, 3.05) is 45.6 Å². The number of ketones is 2. The molecule has 4 aromatic rings. The number of aliphatic carboxylic acids is 1. The van der Waals surface area contributed by atoms with Crippen molar-refractivity contribution >= 4 is 56.8 Å². The van der Waals surface area contributed by atoms with Crippen molar-refractivity contribution in [3.63, 3.8) is 0 Å². The number of hydrogen-bond acceptors (Lipinski definition) is 16. The van der Waals surface area contributed by atoms with Gasteiger partial charge >= 0.3 is 5.97 Å². The van der Waals surface area contributed by atoms with Crippen molar-refractivity contribution in [3.8, 4) is 39.6 Å². The smallest absolute Gasteiger partial charge is 0.326 e. The number of halogens is 1. The number of aromatic hydroxyl groups is 1. The lowest BCUT2D eigenvalue weighted by atomic mass is 9.86. The maximum Gasteiger partial charge on any atom is 0.326 e. The number of carbonyl (C=O) groups excluding carboxylic acids is 4. The molecular weight excluding hydrogens is 964 g/mol. The summed E-state index contributed by atoms with van der Waals surface area (Å²) in [6, 6.07) is 12.6. The van der Waals surface area contributed by atoms with E-state index in [9.17, 15) is 52.8 Å². The molecule has 3 aromatic carbocycles. The lowest BCUT2D eigenvalue weighted by Gasteiger charge is -2.32. The van der Waals surface area contributed by atoms with Gasteiger partial charge in [0.25, 0.3) is 10.2 Å². The van der Waals surface area contributed by atoms with Gasteiger partial charge in [-0.15, -0.1) is 0 Å². The average molecular weight is 1030 g/mol. The van der Waals surface area contributed by atoms with Crippen LogP contribution in [0.15, 0.2) is 60.7 Å². The number of benzene rings is 3. The fraction of sp³-hybridized carbons (Fsp3) is 0.417. The Hall–Kier alpha value is -6.24. The van der Waals surface area contributed by atoms with E-state index in [0.717, 1.165) is 10.5 Å². The number of nitrogen functional groups attached to an aromatic ring is 1. The summed E-state index contributed by atoms with van der Waals surface area (Å²) in [5.74, 6) is -8.60. The van der Waals surface area contributed by atoms with Gasteiger partial charge in [0, 0.05) is 74.2 Å². The average Bonchev–Trinajstić information content (AvgIpc) is 3.30. The number of carboxylic acid groups (broad SMARTS) is 1. The Morgan fingerprint density at radius 1 is 0.944 bits per heavy atom. The number of aromatic nitrogens is 1. The first-order valence-corrected chi connectivity index (χ1v) is 24.4. The van der Waals surface area contributed by atoms with E-state index in [0.29, 0.717) is 16.8 Å². The number of nitrogens with two attached hydrogens (primary N) is 4. The minimum atomic E-state index is -4.50. The molecule has 0 saturated heterocycles. The van der Waals surface area contributed by atoms with Crippen LogP contribution < -0.4 is 41.9 Å². The number of carboxylic acids is 1. The van der Waals surface area contributed by atoms with E-state index in [-0.39, 0.29) is 76.1 Å². The van der Waals surface area contributed by atoms with Gasteiger partial charge in [0.15, 0.2) is 23.1 Å². The number of carbonyl (C=O) groups is 5. The van der Waals surface area contributed by atoms with E-state index >= 15 is 0 Å². The van der Waals surface area contributed by atoms with E-state index in [2.05, 4.69) is 31.1 Å². The Labute approximate surface area is 416 Å². The first-order valence-electron chi connectivity index (χ1n) is 22.4. The number of amides is 2. The van der Waals surface area contributed by atoms with Crippen LogP contribution in [0.25, 0.3) is 22.4 Å². The van der Waals surface area contributed by atoms with Crippen molar-refractivity contribution in [1.82, 2.24) is 19.9 Å². The highest BCUT2D eigenvalue weighted by atomic mass is 35.5. The number of pyridine rings is 1. The molecule has 6 atom stereocenters. The minimum Gasteiger partial charge on any atom is -0.504 e. The molecule has 1 aromatic heterocycles. The number of phenolic OH excluding ortho intramolecular Hbond substituents is 1. The second-order valence-electron chi connectivity index (χ2n) is 18.5. The monoisotopic (exact) mass is 1020 g/mol. The Bertz CT molecular complexity index is 2730. The molecular formula is C48H61ClN8O13S. The number of fused-ring (bicyclic) bond motifs is 5. The van der Waals surface area contributed by atoms with E-state index in [1.165, 1.54) is 50.4 Å². The molecule has 21 nitrogen and oxygen atoms in total. The number of hydrogen-bond donors (Lipinski definition) is 10. The largest absolute Gasteiger partial charge is 0.504 e. The molecule has 384 valence electrons. The van der Waals surface area contributed by atoms with E-state index < -0.39 is 107 Å². The first kappa shape index (κ1) is 55.7. The molecule has 0 unspecified atom stereocenters. The Morgan fingerprint density at radius 3 is 2.13 bits per heavy atom. The van der Waals surface area contributed by atoms with Gasteiger partial charge in [-0.3, -0.25) is 19.2 Å². The van der Waals surface area contributed by atoms with Crippen LogP contribution in [-0.4, -0.2) is 126 Å². The second-order valence-corrected chi connectivity index (χ2v) is 20.2. The zero-order valence-electron chi connectivity index (χ0n) is 39.8. The van der Waals surface area contributed by atoms with Gasteiger partial charge in [-0.1, -0.05) is 69.6 Å². The summed E-state index contributed by atoms with van der Waals surface area (Å²) in [4.78, 5) is 75.4. The number of ether oxygens (including phenoxy) is 2. The van der Waals surface area contributed by atoms with Crippen LogP contribution in [0.4, 0.5) is 5.69 Å². The van der Waals surface area contributed by atoms with Crippen LogP contribution in [0.1, 0.15) is 73.6 Å². The standard InChI is InChI=1S/C48H61ClN8O13S/c1-24-12-38(61)42(57(5)46(64)28(21-54-71(53,67)68)16-37(60)41-34(52)18-35(55-44(41)49)26-7-9-29(10-8-26)48(2,3)4)27-15-33(43(62)40(17-27)70-23-31(59)20-51)32-13-25(14-36(47(65)66)56-45(24)63)6-11-39(32)69-22-30(58)19-50/h6-11,13,15,17-18,24,28,30-31,36,42,54,58-59,62H,12,14,16,19-23,50-51H2,1-5H3,(H2,52,55)(H,56,63)(H,65,66)(H2,53,67,68)/t24-,28+,30-,31-,36+,42+/m1/s1. The quantitative estimate of drug-likeness (QED) is 0.0503. The molecule has 1 aliphatic rings. The maximum atomic E-state index is 14.9. The van der Waals surface area contributed by atoms with Gasteiger partial charge in [0.05, 0.1) is 17.2 Å². The van der Waals surface area contributed by atoms with E-state index in [4.69, 9.17) is 43.4 Å². The molecule has 0 radical (unpaired) electrons. The van der Waals surface area contributed by atoms with Crippen molar-refractivity contribution in [3.05, 3.63) is 88.1 Å². The fourth-order valence-electron chi connectivity index (χ4n) is 7.83. The van der Waals surface area contributed by atoms with Gasteiger partial charge in [-0.05, 0) is 52.4 Å². The predicted molar refractivity (Wildman–Crippen MR) is 264 cm³/mol. The number of nitrogens with zero attached hydrogens (tertiary/aromatic N) is 2. The van der Waals surface area contributed by atoms with Gasteiger partial charge < -0.3 is 57.3 Å². The third-order valence-corrected chi connectivity index (χ3v) is 12.7. The summed E-state index contributed by atoms with van der Waals surface area (Å²) < 4.78 is 38.4. The van der Waals surface area contributed by atoms with E-state index in [1.807, 2.05) is 29.0 Å². The molecule has 0 aliphatic carbocycles. The molecule has 2 amide bonds. The molecule has 0 fully saturated rings. The van der Waals surface area contributed by atoms with Crippen molar-refractivity contribution in [2.24, 2.45) is 28.4 Å². The zero-order chi connectivity index (χ0) is 52.7. The van der Waals surface area contributed by atoms with Crippen LogP contribution in [0, 0.1) is 11.8 Å². The molecule has 14 N–H and O–H groups in total. The van der Waals surface area contributed by atoms with Crippen LogP contribution in [-0.2, 0) is 41.2 Å². The Kier molecular flexibility index (Phi) is 18.3. The lowest BCUT2D eigenvalue weighted by molar-refractivity contribution is -0.143. The number of Topliss-reactive ketones (excluding diaryl/α,β-unsaturated/α-hetero) is 2. The normalized spacial score (nSPS) is 17.8. The third kappa shape index (κ3) is 14.2. The van der Waals surface area contributed by atoms with Gasteiger partial charge in [0.1, 0.15) is 48.4 Å². The number of aliphatic hydroxyl groups excluding tert-OH is 2. The molecule has 0 saturated carbocycles. The number of likely N-dealkylation sites (N-methyl/N-ethyl adjacent to an activating group) is 1. The van der Waals surface area contributed by atoms with Crippen LogP contribution in [0.3, 0.4) is 0 Å². The van der Waals surface area contributed by atoms with Crippen molar-refractivity contribution in [1.29, 1.82) is 0 Å². The van der Waals surface area contributed by atoms with Crippen LogP contribution in [0.2, 0.25) is 5.15 Å². The minimum absolute atomic E-state index is 0.0251. The van der Waals surface area contributed by atoms with Crippen LogP contribution >= 0.6 is 11.6 Å². The highest BCUT2D eigenvalue weighted by Gasteiger charge is 2.38. The van der Waals surface area contributed by atoms with Crippen LogP contribution in [0.5, 0.6) is 17.2 Å². The molecule has 71 heavy (non-hydrogen) atoms. The first-order chi connectivity index (χ1) is 33.2. The molecule has 0 spiro atoms. The SMILES string of the molecule is C[C@@H]1CC(=O)[C@@H](N(C)C(=O)[C@H](CNS(N)(=O)=O)CC(=O)c2c(N)cc(-c3ccc(C(C)(C)C)cc3)nc2Cl)c2cc(OC[C@H](O)CN)c(O)c(c2)-c2cc(ccc2OC[C@H](O)CN)C[C@@H](C(=O)O)NC1=O. The summed E-state index contributed by atoms with van der Waals surface area (Å²) >= 11 is 6.63. The number of rotatable bonds is 18. The third-order valence-electron chi connectivity index (χ3n) is 11.8. The zero-order valence-corrected chi connectivity index (χ0v) is 41.4. The fourth-order valence-corrected chi connectivity index (χ4v) is 8.57. The summed E-state index contributed by atoms with van der Waals surface area (Å²) in [6.45, 7) is 5.51. The number of phenols is 1. The van der Waals surface area contributed by atoms with Crippen molar-refractivity contribution in [2.45, 2.75) is 76.7 Å². The van der Waals surface area contributed by atoms with E-state index in [1.54, 1.807) is 0 Å². The predicted octanol–water partition coefficient (Wildman–Crippen LogP) is 1.95. The summed E-state index contributed by atoms with van der Waals surface area (Å²) in [7, 11) is -3.32. The summed E-state index contributed by atoms with van der Waals surface area (Å²) in [6.07, 6.45) is -4.04. The van der Waals surface area contributed by atoms with Crippen molar-refractivity contribution < 1.29 is 62.3 Å². The lowest BCUT2D eigenvalue weighted by Crippen LogP contribution is -2.46.